The van der Waals surface area contributed by atoms with E-state index in [-0.39, 0.29) is 52.2 Å². The van der Waals surface area contributed by atoms with Crippen LogP contribution < -0.4 is 14.8 Å². The number of ether oxygens (including phenoxy) is 2. The topological polar surface area (TPSA) is 142 Å². The fourth-order valence-corrected chi connectivity index (χ4v) is 4.83. The predicted octanol–water partition coefficient (Wildman–Crippen LogP) is 3.35. The Morgan fingerprint density at radius 2 is 1.93 bits per heavy atom. The maximum absolute atomic E-state index is 13.3. The van der Waals surface area contributed by atoms with Gasteiger partial charge in [0.05, 0.1) is 23.5 Å². The van der Waals surface area contributed by atoms with Crippen LogP contribution in [-0.4, -0.2) is 88.8 Å². The van der Waals surface area contributed by atoms with E-state index >= 15 is 0 Å². The standard InChI is InChI=1S/C26H25F4N11O3/c1-38(2)14-8-15(9-14)41-35-21(34-37-41)13-39-12-19(33-24(42)18-11-32-40-7-3-6-31-23(18)40)22(36-39)17-10-16(43-25(27)28)4-5-20(17)44-26(29)30/h3-7,10-12,14-15,25-26H,8-9,13H2,1-2H3,(H,33,42)/t14-,15+. The molecule has 0 radical (unpaired) electrons. The first-order valence-electron chi connectivity index (χ1n) is 13.3. The van der Waals surface area contributed by atoms with E-state index in [9.17, 15) is 22.4 Å². The van der Waals surface area contributed by atoms with E-state index in [2.05, 4.69) is 50.3 Å². The molecule has 18 heteroatoms. The van der Waals surface area contributed by atoms with Crippen molar-refractivity contribution in [3.05, 3.63) is 60.4 Å². The number of carbonyl (C=O) groups excluding carboxylic acids is 1. The van der Waals surface area contributed by atoms with Crippen LogP contribution in [0.4, 0.5) is 23.2 Å². The average Bonchev–Trinajstić information content (AvgIpc) is 3.67. The smallest absolute Gasteiger partial charge is 0.387 e. The minimum absolute atomic E-state index is 0.0107. The van der Waals surface area contributed by atoms with Crippen molar-refractivity contribution >= 4 is 17.2 Å². The molecular weight excluding hydrogens is 590 g/mol. The summed E-state index contributed by atoms with van der Waals surface area (Å²) in [7, 11) is 4.01. The Morgan fingerprint density at radius 3 is 2.68 bits per heavy atom. The van der Waals surface area contributed by atoms with Crippen LogP contribution in [0, 0.1) is 0 Å². The van der Waals surface area contributed by atoms with Gasteiger partial charge in [-0.05, 0) is 56.4 Å². The Balaban J connectivity index is 1.35. The summed E-state index contributed by atoms with van der Waals surface area (Å²) in [5.41, 5.74) is 0.207. The van der Waals surface area contributed by atoms with Gasteiger partial charge in [0.25, 0.3) is 5.91 Å². The van der Waals surface area contributed by atoms with Crippen LogP contribution in [0.1, 0.15) is 35.1 Å². The third-order valence-corrected chi connectivity index (χ3v) is 7.10. The number of benzene rings is 1. The fourth-order valence-electron chi connectivity index (χ4n) is 4.83. The number of aromatic nitrogens is 9. The SMILES string of the molecule is CN(C)[C@H]1C[C@@H](n2nnc(Cn3cc(NC(=O)c4cnn5cccnc45)c(-c4cc(OC(F)F)ccc4OC(F)F)n3)n2)C1. The summed E-state index contributed by atoms with van der Waals surface area (Å²) in [5.74, 6) is -1.06. The number of rotatable bonds is 11. The molecule has 5 aromatic rings. The van der Waals surface area contributed by atoms with Gasteiger partial charge in [0.1, 0.15) is 29.3 Å². The van der Waals surface area contributed by atoms with Gasteiger partial charge in [-0.15, -0.1) is 10.2 Å². The second-order valence-electron chi connectivity index (χ2n) is 10.2. The number of carbonyl (C=O) groups is 1. The molecule has 1 amide bonds. The lowest BCUT2D eigenvalue weighted by Crippen LogP contribution is -2.42. The Kier molecular flexibility index (Phi) is 7.81. The van der Waals surface area contributed by atoms with Crippen molar-refractivity contribution in [1.29, 1.82) is 0 Å². The van der Waals surface area contributed by atoms with Crippen molar-refractivity contribution in [2.45, 2.75) is 44.7 Å². The highest BCUT2D eigenvalue weighted by Gasteiger charge is 2.33. The lowest BCUT2D eigenvalue weighted by Gasteiger charge is -2.38. The van der Waals surface area contributed by atoms with Crippen LogP contribution in [0.5, 0.6) is 11.5 Å². The zero-order chi connectivity index (χ0) is 31.0. The van der Waals surface area contributed by atoms with Crippen LogP contribution in [0.15, 0.2) is 49.1 Å². The quantitative estimate of drug-likeness (QED) is 0.220. The maximum atomic E-state index is 13.3. The Morgan fingerprint density at radius 1 is 1.14 bits per heavy atom. The monoisotopic (exact) mass is 615 g/mol. The van der Waals surface area contributed by atoms with Gasteiger partial charge in [-0.25, -0.2) is 9.50 Å². The van der Waals surface area contributed by atoms with Crippen LogP contribution in [0.2, 0.25) is 0 Å². The van der Waals surface area contributed by atoms with Gasteiger partial charge in [-0.2, -0.15) is 32.6 Å². The van der Waals surface area contributed by atoms with E-state index in [1.165, 1.54) is 27.8 Å². The van der Waals surface area contributed by atoms with Crippen LogP contribution in [0.25, 0.3) is 16.9 Å². The van der Waals surface area contributed by atoms with Gasteiger partial charge in [0.2, 0.25) is 0 Å². The van der Waals surface area contributed by atoms with E-state index in [0.29, 0.717) is 11.9 Å². The molecule has 1 fully saturated rings. The summed E-state index contributed by atoms with van der Waals surface area (Å²) in [6.07, 6.45) is 7.57. The highest BCUT2D eigenvalue weighted by molar-refractivity contribution is 6.09. The summed E-state index contributed by atoms with van der Waals surface area (Å²) in [6.45, 7) is -6.43. The van der Waals surface area contributed by atoms with Gasteiger partial charge in [0.15, 0.2) is 11.5 Å². The minimum Gasteiger partial charge on any atom is -0.435 e. The first-order chi connectivity index (χ1) is 21.1. The molecule has 1 aliphatic carbocycles. The lowest BCUT2D eigenvalue weighted by atomic mass is 9.86. The van der Waals surface area contributed by atoms with Crippen LogP contribution >= 0.6 is 0 Å². The average molecular weight is 616 g/mol. The number of nitrogens with zero attached hydrogens (tertiary/aromatic N) is 10. The van der Waals surface area contributed by atoms with E-state index in [0.717, 1.165) is 31.0 Å². The van der Waals surface area contributed by atoms with E-state index < -0.39 is 19.1 Å². The first-order valence-corrected chi connectivity index (χ1v) is 13.3. The normalized spacial score (nSPS) is 16.6. The summed E-state index contributed by atoms with van der Waals surface area (Å²) < 4.78 is 64.5. The van der Waals surface area contributed by atoms with E-state index in [1.54, 1.807) is 17.1 Å². The number of halogens is 4. The van der Waals surface area contributed by atoms with Gasteiger partial charge in [-0.3, -0.25) is 9.48 Å². The molecule has 0 saturated heterocycles. The van der Waals surface area contributed by atoms with Crippen molar-refractivity contribution in [2.24, 2.45) is 0 Å². The Labute approximate surface area is 246 Å². The maximum Gasteiger partial charge on any atom is 0.387 e. The van der Waals surface area contributed by atoms with Crippen LogP contribution in [-0.2, 0) is 6.54 Å². The van der Waals surface area contributed by atoms with Gasteiger partial charge in [-0.1, -0.05) is 0 Å². The molecule has 6 rings (SSSR count). The number of hydrogen-bond acceptors (Lipinski definition) is 10. The summed E-state index contributed by atoms with van der Waals surface area (Å²) in [5, 5.41) is 24.0. The molecule has 14 nitrogen and oxygen atoms in total. The molecule has 0 spiro atoms. The van der Waals surface area contributed by atoms with Crippen molar-refractivity contribution in [3.63, 3.8) is 0 Å². The number of tetrazole rings is 1. The molecule has 0 atom stereocenters. The molecule has 44 heavy (non-hydrogen) atoms. The number of alkyl halides is 4. The Hall–Kier alpha value is -5.13. The number of fused-ring (bicyclic) bond motifs is 1. The minimum atomic E-state index is -3.24. The third kappa shape index (κ3) is 6.01. The molecule has 0 bridgehead atoms. The first kappa shape index (κ1) is 29.0. The summed E-state index contributed by atoms with van der Waals surface area (Å²) in [4.78, 5) is 21.2. The van der Waals surface area contributed by atoms with Gasteiger partial charge >= 0.3 is 13.2 Å². The van der Waals surface area contributed by atoms with Gasteiger partial charge < -0.3 is 19.7 Å². The number of anilines is 1. The van der Waals surface area contributed by atoms with Crippen molar-refractivity contribution in [3.8, 4) is 22.8 Å². The number of nitrogens with one attached hydrogen (secondary N) is 1. The molecule has 4 aromatic heterocycles. The fraction of sp³-hybridized carbons (Fsp3) is 0.346. The molecule has 4 heterocycles. The largest absolute Gasteiger partial charge is 0.435 e. The van der Waals surface area contributed by atoms with Gasteiger partial charge in [0, 0.05) is 24.6 Å². The van der Waals surface area contributed by atoms with Crippen molar-refractivity contribution < 1.29 is 31.8 Å². The predicted molar refractivity (Wildman–Crippen MR) is 145 cm³/mol. The number of amides is 1. The Bertz CT molecular complexity index is 1780. The summed E-state index contributed by atoms with van der Waals surface area (Å²) >= 11 is 0. The molecule has 1 aliphatic rings. The highest BCUT2D eigenvalue weighted by atomic mass is 19.3. The van der Waals surface area contributed by atoms with E-state index in [1.807, 2.05) is 14.1 Å². The molecule has 0 unspecified atom stereocenters. The van der Waals surface area contributed by atoms with E-state index in [4.69, 9.17) is 0 Å². The van der Waals surface area contributed by atoms with Crippen molar-refractivity contribution in [2.75, 3.05) is 19.4 Å². The highest BCUT2D eigenvalue weighted by Crippen LogP contribution is 2.38. The lowest BCUT2D eigenvalue weighted by molar-refractivity contribution is -0.0526. The molecule has 230 valence electrons. The zero-order valence-corrected chi connectivity index (χ0v) is 23.3. The molecular formula is C26H25F4N11O3. The molecule has 1 aromatic carbocycles. The molecule has 1 saturated carbocycles. The summed E-state index contributed by atoms with van der Waals surface area (Å²) in [6, 6.07) is 5.32. The third-order valence-electron chi connectivity index (χ3n) is 7.10. The number of hydrogen-bond donors (Lipinski definition) is 1. The second kappa shape index (κ2) is 11.9. The van der Waals surface area contributed by atoms with Crippen LogP contribution in [0.3, 0.4) is 0 Å². The molecule has 0 aliphatic heterocycles. The second-order valence-corrected chi connectivity index (χ2v) is 10.2. The zero-order valence-electron chi connectivity index (χ0n) is 23.3. The molecule has 1 N–H and O–H groups in total. The van der Waals surface area contributed by atoms with Crippen molar-refractivity contribution in [1.82, 2.24) is 49.5 Å².